The second kappa shape index (κ2) is 9.99. The van der Waals surface area contributed by atoms with Crippen molar-refractivity contribution in [2.75, 3.05) is 19.0 Å². The Kier molecular flexibility index (Phi) is 6.65. The van der Waals surface area contributed by atoms with Crippen LogP contribution in [0.5, 0.6) is 11.5 Å². The van der Waals surface area contributed by atoms with E-state index in [1.807, 2.05) is 30.5 Å². The topological polar surface area (TPSA) is 98.5 Å². The zero-order valence-corrected chi connectivity index (χ0v) is 19.5. The molecule has 5 rings (SSSR count). The lowest BCUT2D eigenvalue weighted by Gasteiger charge is -2.33. The molecular weight excluding hydrogens is 428 g/mol. The number of nitrogens with zero attached hydrogens (tertiary/aromatic N) is 1. The van der Waals surface area contributed by atoms with Gasteiger partial charge in [-0.25, -0.2) is 0 Å². The smallest absolute Gasteiger partial charge is 0.262 e. The molecule has 1 saturated carbocycles. The molecule has 1 aliphatic heterocycles. The standard InChI is InChI=1S/C27H32N4O3/c1-33-21-7-8-24-22(14-21)19(10-11-29-24)13-23(28)18-3-5-20(6-4-18)30-15-17-2-9-26-25(12-17)31-27(32)16-34-26/h2,7-12,14,18,20,23,30H,3-6,13,15-16,28H2,1H3,(H,31,32). The minimum Gasteiger partial charge on any atom is -0.497 e. The first kappa shape index (κ1) is 22.6. The van der Waals surface area contributed by atoms with E-state index >= 15 is 0 Å². The largest absolute Gasteiger partial charge is 0.497 e. The molecule has 1 fully saturated rings. The van der Waals surface area contributed by atoms with E-state index in [0.29, 0.717) is 12.0 Å². The van der Waals surface area contributed by atoms with E-state index in [2.05, 4.69) is 33.8 Å². The summed E-state index contributed by atoms with van der Waals surface area (Å²) in [5.41, 5.74) is 10.8. The van der Waals surface area contributed by atoms with Crippen LogP contribution >= 0.6 is 0 Å². The maximum atomic E-state index is 11.6. The fraction of sp³-hybridized carbons (Fsp3) is 0.407. The third kappa shape index (κ3) is 5.00. The minimum atomic E-state index is -0.105. The number of nitrogens with two attached hydrogens (primary N) is 1. The van der Waals surface area contributed by atoms with Crippen LogP contribution in [0.4, 0.5) is 5.69 Å². The predicted octanol–water partition coefficient (Wildman–Crippen LogP) is 3.79. The molecule has 1 aliphatic carbocycles. The molecule has 2 aromatic carbocycles. The first-order valence-corrected chi connectivity index (χ1v) is 12.0. The Bertz CT molecular complexity index is 1170. The monoisotopic (exact) mass is 460 g/mol. The average Bonchev–Trinajstić information content (AvgIpc) is 2.87. The number of benzene rings is 2. The fourth-order valence-corrected chi connectivity index (χ4v) is 5.16. The van der Waals surface area contributed by atoms with Crippen LogP contribution in [0.1, 0.15) is 36.8 Å². The highest BCUT2D eigenvalue weighted by molar-refractivity contribution is 5.95. The Morgan fingerprint density at radius 1 is 1.18 bits per heavy atom. The van der Waals surface area contributed by atoms with Crippen LogP contribution in [0.2, 0.25) is 0 Å². The van der Waals surface area contributed by atoms with Crippen molar-refractivity contribution < 1.29 is 14.3 Å². The summed E-state index contributed by atoms with van der Waals surface area (Å²) >= 11 is 0. The van der Waals surface area contributed by atoms with Crippen molar-refractivity contribution in [3.8, 4) is 11.5 Å². The van der Waals surface area contributed by atoms with Crippen molar-refractivity contribution >= 4 is 22.5 Å². The summed E-state index contributed by atoms with van der Waals surface area (Å²) in [6.07, 6.45) is 7.20. The number of amides is 1. The molecule has 3 aromatic rings. The highest BCUT2D eigenvalue weighted by atomic mass is 16.5. The van der Waals surface area contributed by atoms with Crippen molar-refractivity contribution in [1.82, 2.24) is 10.3 Å². The summed E-state index contributed by atoms with van der Waals surface area (Å²) in [5, 5.41) is 7.69. The number of carbonyl (C=O) groups is 1. The van der Waals surface area contributed by atoms with E-state index in [-0.39, 0.29) is 18.6 Å². The number of fused-ring (bicyclic) bond motifs is 2. The van der Waals surface area contributed by atoms with Gasteiger partial charge in [0.1, 0.15) is 11.5 Å². The summed E-state index contributed by atoms with van der Waals surface area (Å²) in [7, 11) is 1.69. The van der Waals surface area contributed by atoms with Crippen LogP contribution in [0.25, 0.3) is 10.9 Å². The fourth-order valence-electron chi connectivity index (χ4n) is 5.16. The van der Waals surface area contributed by atoms with Crippen molar-refractivity contribution in [2.45, 2.75) is 50.7 Å². The Labute approximate surface area is 200 Å². The lowest BCUT2D eigenvalue weighted by atomic mass is 9.79. The van der Waals surface area contributed by atoms with E-state index in [0.717, 1.165) is 72.3 Å². The first-order valence-electron chi connectivity index (χ1n) is 12.0. The van der Waals surface area contributed by atoms with Crippen molar-refractivity contribution in [3.63, 3.8) is 0 Å². The van der Waals surface area contributed by atoms with Crippen LogP contribution in [-0.4, -0.2) is 36.7 Å². The van der Waals surface area contributed by atoms with Gasteiger partial charge in [-0.05, 0) is 85.5 Å². The van der Waals surface area contributed by atoms with Crippen molar-refractivity contribution in [3.05, 3.63) is 59.8 Å². The molecule has 0 spiro atoms. The van der Waals surface area contributed by atoms with Crippen LogP contribution < -0.4 is 25.8 Å². The van der Waals surface area contributed by atoms with Gasteiger partial charge in [-0.15, -0.1) is 0 Å². The number of aromatic nitrogens is 1. The molecule has 0 radical (unpaired) electrons. The van der Waals surface area contributed by atoms with Gasteiger partial charge in [0.2, 0.25) is 0 Å². The number of hydrogen-bond acceptors (Lipinski definition) is 6. The molecule has 0 saturated heterocycles. The summed E-state index contributed by atoms with van der Waals surface area (Å²) < 4.78 is 10.8. The van der Waals surface area contributed by atoms with Crippen LogP contribution in [0.3, 0.4) is 0 Å². The number of hydrogen-bond donors (Lipinski definition) is 3. The normalized spacial score (nSPS) is 20.8. The molecule has 1 unspecified atom stereocenters. The molecule has 1 aromatic heterocycles. The molecule has 2 heterocycles. The van der Waals surface area contributed by atoms with Gasteiger partial charge in [-0.1, -0.05) is 6.07 Å². The molecule has 2 aliphatic rings. The van der Waals surface area contributed by atoms with Gasteiger partial charge in [0.05, 0.1) is 18.3 Å². The number of nitrogens with one attached hydrogen (secondary N) is 2. The predicted molar refractivity (Wildman–Crippen MR) is 133 cm³/mol. The van der Waals surface area contributed by atoms with Gasteiger partial charge in [0.15, 0.2) is 6.61 Å². The van der Waals surface area contributed by atoms with Gasteiger partial charge in [0, 0.05) is 30.2 Å². The zero-order chi connectivity index (χ0) is 23.5. The van der Waals surface area contributed by atoms with Gasteiger partial charge in [-0.2, -0.15) is 0 Å². The Morgan fingerprint density at radius 2 is 2.03 bits per heavy atom. The third-order valence-corrected chi connectivity index (χ3v) is 7.14. The maximum absolute atomic E-state index is 11.6. The van der Waals surface area contributed by atoms with E-state index in [1.165, 1.54) is 5.56 Å². The highest BCUT2D eigenvalue weighted by Crippen LogP contribution is 2.31. The summed E-state index contributed by atoms with van der Waals surface area (Å²) in [4.78, 5) is 16.1. The number of methoxy groups -OCH3 is 1. The lowest BCUT2D eigenvalue weighted by molar-refractivity contribution is -0.118. The molecule has 1 amide bonds. The third-order valence-electron chi connectivity index (χ3n) is 7.14. The quantitative estimate of drug-likeness (QED) is 0.496. The van der Waals surface area contributed by atoms with Crippen molar-refractivity contribution in [1.29, 1.82) is 0 Å². The highest BCUT2D eigenvalue weighted by Gasteiger charge is 2.26. The lowest BCUT2D eigenvalue weighted by Crippen LogP contribution is -2.39. The second-order valence-corrected chi connectivity index (χ2v) is 9.38. The molecule has 7 nitrogen and oxygen atoms in total. The molecule has 178 valence electrons. The number of ether oxygens (including phenoxy) is 2. The van der Waals surface area contributed by atoms with Crippen LogP contribution in [-0.2, 0) is 17.8 Å². The van der Waals surface area contributed by atoms with E-state index in [4.69, 9.17) is 15.2 Å². The summed E-state index contributed by atoms with van der Waals surface area (Å²) in [6.45, 7) is 0.858. The molecule has 0 bridgehead atoms. The molecule has 34 heavy (non-hydrogen) atoms. The molecule has 7 heteroatoms. The van der Waals surface area contributed by atoms with Gasteiger partial charge >= 0.3 is 0 Å². The van der Waals surface area contributed by atoms with Crippen LogP contribution in [0.15, 0.2) is 48.7 Å². The Hall–Kier alpha value is -3.16. The van der Waals surface area contributed by atoms with E-state index in [1.54, 1.807) is 7.11 Å². The number of rotatable bonds is 7. The molecule has 4 N–H and O–H groups in total. The molecular formula is C27H32N4O3. The van der Waals surface area contributed by atoms with Crippen molar-refractivity contribution in [2.24, 2.45) is 11.7 Å². The number of carbonyl (C=O) groups excluding carboxylic acids is 1. The Balaban J connectivity index is 1.14. The zero-order valence-electron chi connectivity index (χ0n) is 19.5. The average molecular weight is 461 g/mol. The maximum Gasteiger partial charge on any atom is 0.262 e. The number of pyridine rings is 1. The van der Waals surface area contributed by atoms with Gasteiger partial charge < -0.3 is 25.8 Å². The first-order chi connectivity index (χ1) is 16.6. The SMILES string of the molecule is COc1ccc2nccc(CC(N)C3CCC(NCc4ccc5c(c4)NC(=O)CO5)CC3)c2c1. The van der Waals surface area contributed by atoms with Crippen LogP contribution in [0, 0.1) is 5.92 Å². The number of anilines is 1. The van der Waals surface area contributed by atoms with Gasteiger partial charge in [0.25, 0.3) is 5.91 Å². The summed E-state index contributed by atoms with van der Waals surface area (Å²) in [5.74, 6) is 1.99. The molecule has 1 atom stereocenters. The van der Waals surface area contributed by atoms with Gasteiger partial charge in [-0.3, -0.25) is 9.78 Å². The Morgan fingerprint density at radius 3 is 2.85 bits per heavy atom. The summed E-state index contributed by atoms with van der Waals surface area (Å²) in [6, 6.07) is 14.7. The second-order valence-electron chi connectivity index (χ2n) is 9.38. The minimum absolute atomic E-state index is 0.0849. The van der Waals surface area contributed by atoms with E-state index in [9.17, 15) is 4.79 Å². The van der Waals surface area contributed by atoms with E-state index < -0.39 is 0 Å².